The van der Waals surface area contributed by atoms with Crippen LogP contribution in [-0.4, -0.2) is 38.6 Å². The Morgan fingerprint density at radius 2 is 2.04 bits per heavy atom. The molecule has 1 fully saturated rings. The lowest BCUT2D eigenvalue weighted by Gasteiger charge is -2.14. The van der Waals surface area contributed by atoms with E-state index in [-0.39, 0.29) is 29.9 Å². The van der Waals surface area contributed by atoms with Gasteiger partial charge in [0.25, 0.3) is 0 Å². The molecular weight excluding hydrogens is 431 g/mol. The van der Waals surface area contributed by atoms with Crippen LogP contribution in [0.2, 0.25) is 0 Å². The van der Waals surface area contributed by atoms with E-state index in [4.69, 9.17) is 4.74 Å². The maximum Gasteiger partial charge on any atom is 0.221 e. The molecule has 0 heterocycles. The number of nitrogens with one attached hydrogen (secondary N) is 3. The third kappa shape index (κ3) is 7.94. The molecule has 0 bridgehead atoms. The Kier molecular flexibility index (Phi) is 10.3. The number of amides is 1. The van der Waals surface area contributed by atoms with Crippen molar-refractivity contribution in [3.8, 4) is 5.75 Å². The molecule has 0 spiro atoms. The molecule has 0 radical (unpaired) electrons. The molecule has 140 valence electrons. The average Bonchev–Trinajstić information content (AvgIpc) is 3.11. The summed E-state index contributed by atoms with van der Waals surface area (Å²) in [6.45, 7) is 1.21. The minimum absolute atomic E-state index is 0. The van der Waals surface area contributed by atoms with Crippen LogP contribution in [0.25, 0.3) is 0 Å². The van der Waals surface area contributed by atoms with Gasteiger partial charge in [0.2, 0.25) is 5.91 Å². The molecule has 2 rings (SSSR count). The first-order chi connectivity index (χ1) is 11.7. The number of aliphatic imine (C=N–C) groups is 1. The predicted molar refractivity (Wildman–Crippen MR) is 112 cm³/mol. The van der Waals surface area contributed by atoms with Crippen molar-refractivity contribution in [2.45, 2.75) is 44.7 Å². The molecule has 0 atom stereocenters. The smallest absolute Gasteiger partial charge is 0.221 e. The number of nitrogens with zero attached hydrogens (tertiary/aromatic N) is 1. The third-order valence-corrected chi connectivity index (χ3v) is 4.18. The van der Waals surface area contributed by atoms with E-state index < -0.39 is 0 Å². The Morgan fingerprint density at radius 3 is 2.72 bits per heavy atom. The molecule has 1 amide bonds. The average molecular weight is 460 g/mol. The number of carbonyl (C=O) groups excluding carboxylic acids is 1. The molecule has 3 N–H and O–H groups in total. The summed E-state index contributed by atoms with van der Waals surface area (Å²) in [6, 6.07) is 8.26. The number of benzene rings is 1. The number of halogens is 1. The topological polar surface area (TPSA) is 74.8 Å². The van der Waals surface area contributed by atoms with E-state index in [2.05, 4.69) is 20.9 Å². The molecule has 7 heteroatoms. The summed E-state index contributed by atoms with van der Waals surface area (Å²) in [6.07, 6.45) is 5.14. The van der Waals surface area contributed by atoms with E-state index in [0.29, 0.717) is 31.5 Å². The Hall–Kier alpha value is -1.51. The van der Waals surface area contributed by atoms with Crippen molar-refractivity contribution < 1.29 is 9.53 Å². The largest absolute Gasteiger partial charge is 0.497 e. The number of methoxy groups -OCH3 is 1. The molecule has 6 nitrogen and oxygen atoms in total. The minimum atomic E-state index is 0. The zero-order valence-corrected chi connectivity index (χ0v) is 17.3. The molecule has 0 aromatic heterocycles. The fraction of sp³-hybridized carbons (Fsp3) is 0.556. The zero-order valence-electron chi connectivity index (χ0n) is 15.0. The minimum Gasteiger partial charge on any atom is -0.497 e. The quantitative estimate of drug-likeness (QED) is 0.332. The van der Waals surface area contributed by atoms with Crippen molar-refractivity contribution >= 4 is 35.8 Å². The fourth-order valence-electron chi connectivity index (χ4n) is 2.85. The van der Waals surface area contributed by atoms with E-state index in [0.717, 1.165) is 24.2 Å². The van der Waals surface area contributed by atoms with Gasteiger partial charge in [-0.15, -0.1) is 24.0 Å². The number of hydrogen-bond donors (Lipinski definition) is 3. The zero-order chi connectivity index (χ0) is 17.2. The lowest BCUT2D eigenvalue weighted by molar-refractivity contribution is -0.121. The van der Waals surface area contributed by atoms with Crippen LogP contribution >= 0.6 is 24.0 Å². The number of hydrogen-bond acceptors (Lipinski definition) is 3. The van der Waals surface area contributed by atoms with Gasteiger partial charge < -0.3 is 20.7 Å². The highest BCUT2D eigenvalue weighted by Crippen LogP contribution is 2.17. The molecule has 1 aliphatic rings. The highest BCUT2D eigenvalue weighted by Gasteiger charge is 2.16. The fourth-order valence-corrected chi connectivity index (χ4v) is 2.85. The first kappa shape index (κ1) is 21.5. The van der Waals surface area contributed by atoms with E-state index in [1.807, 2.05) is 24.3 Å². The van der Waals surface area contributed by atoms with Crippen LogP contribution in [0.4, 0.5) is 0 Å². The van der Waals surface area contributed by atoms with Crippen LogP contribution in [0.3, 0.4) is 0 Å². The summed E-state index contributed by atoms with van der Waals surface area (Å²) in [5, 5.41) is 9.49. The molecule has 0 saturated heterocycles. The third-order valence-electron chi connectivity index (χ3n) is 4.18. The van der Waals surface area contributed by atoms with Gasteiger partial charge in [0.1, 0.15) is 5.75 Å². The summed E-state index contributed by atoms with van der Waals surface area (Å²) in [7, 11) is 3.38. The maximum atomic E-state index is 11.9. The molecule has 0 aliphatic heterocycles. The second-order valence-corrected chi connectivity index (χ2v) is 6.00. The second-order valence-electron chi connectivity index (χ2n) is 6.00. The summed E-state index contributed by atoms with van der Waals surface area (Å²) >= 11 is 0. The van der Waals surface area contributed by atoms with Crippen LogP contribution in [0.15, 0.2) is 29.3 Å². The summed E-state index contributed by atoms with van der Waals surface area (Å²) in [5.41, 5.74) is 1.11. The molecular formula is C18H29IN4O2. The highest BCUT2D eigenvalue weighted by molar-refractivity contribution is 14.0. The molecule has 1 saturated carbocycles. The molecule has 1 aliphatic carbocycles. The van der Waals surface area contributed by atoms with Gasteiger partial charge in [-0.25, -0.2) is 0 Å². The SMILES string of the molecule is CN=C(NCCC(=O)NC1CCCC1)NCc1cccc(OC)c1.I. The van der Waals surface area contributed by atoms with Crippen LogP contribution in [0, 0.1) is 0 Å². The molecule has 0 unspecified atom stereocenters. The number of rotatable bonds is 7. The van der Waals surface area contributed by atoms with Crippen molar-refractivity contribution in [2.24, 2.45) is 4.99 Å². The van der Waals surface area contributed by atoms with Gasteiger partial charge in [0.15, 0.2) is 5.96 Å². The summed E-state index contributed by atoms with van der Waals surface area (Å²) in [4.78, 5) is 16.1. The number of ether oxygens (including phenoxy) is 1. The molecule has 1 aromatic rings. The van der Waals surface area contributed by atoms with Gasteiger partial charge in [-0.05, 0) is 30.5 Å². The normalized spacial score (nSPS) is 14.6. The molecule has 25 heavy (non-hydrogen) atoms. The Morgan fingerprint density at radius 1 is 1.28 bits per heavy atom. The van der Waals surface area contributed by atoms with Crippen LogP contribution in [0.1, 0.15) is 37.7 Å². The lowest BCUT2D eigenvalue weighted by Crippen LogP contribution is -2.40. The van der Waals surface area contributed by atoms with E-state index in [9.17, 15) is 4.79 Å². The number of carbonyl (C=O) groups is 1. The lowest BCUT2D eigenvalue weighted by atomic mass is 10.2. The Balaban J connectivity index is 0.00000312. The van der Waals surface area contributed by atoms with E-state index in [1.165, 1.54) is 12.8 Å². The van der Waals surface area contributed by atoms with Crippen molar-refractivity contribution in [3.05, 3.63) is 29.8 Å². The van der Waals surface area contributed by atoms with E-state index in [1.54, 1.807) is 14.2 Å². The van der Waals surface area contributed by atoms with Gasteiger partial charge in [-0.1, -0.05) is 25.0 Å². The highest BCUT2D eigenvalue weighted by atomic mass is 127. The number of guanidine groups is 1. The van der Waals surface area contributed by atoms with Gasteiger partial charge >= 0.3 is 0 Å². The van der Waals surface area contributed by atoms with Crippen LogP contribution < -0.4 is 20.7 Å². The first-order valence-corrected chi connectivity index (χ1v) is 8.58. The van der Waals surface area contributed by atoms with Crippen LogP contribution in [0.5, 0.6) is 5.75 Å². The van der Waals surface area contributed by atoms with Crippen molar-refractivity contribution in [3.63, 3.8) is 0 Å². The summed E-state index contributed by atoms with van der Waals surface area (Å²) < 4.78 is 5.22. The van der Waals surface area contributed by atoms with Crippen LogP contribution in [-0.2, 0) is 11.3 Å². The van der Waals surface area contributed by atoms with Gasteiger partial charge in [0.05, 0.1) is 7.11 Å². The van der Waals surface area contributed by atoms with Gasteiger partial charge in [-0.2, -0.15) is 0 Å². The Labute approximate surface area is 167 Å². The first-order valence-electron chi connectivity index (χ1n) is 8.58. The van der Waals surface area contributed by atoms with Crippen molar-refractivity contribution in [2.75, 3.05) is 20.7 Å². The predicted octanol–water partition coefficient (Wildman–Crippen LogP) is 2.43. The second kappa shape index (κ2) is 11.9. The molecule has 1 aromatic carbocycles. The standard InChI is InChI=1S/C18H28N4O2.HI/c1-19-18(21-13-14-6-5-9-16(12-14)24-2)20-11-10-17(23)22-15-7-3-4-8-15;/h5-6,9,12,15H,3-4,7-8,10-11,13H2,1-2H3,(H,22,23)(H2,19,20,21);1H. The van der Waals surface area contributed by atoms with Gasteiger partial charge in [0, 0.05) is 32.6 Å². The van der Waals surface area contributed by atoms with Crippen molar-refractivity contribution in [1.29, 1.82) is 0 Å². The monoisotopic (exact) mass is 460 g/mol. The maximum absolute atomic E-state index is 11.9. The summed E-state index contributed by atoms with van der Waals surface area (Å²) in [5.74, 6) is 1.63. The Bertz CT molecular complexity index is 560. The van der Waals surface area contributed by atoms with Gasteiger partial charge in [-0.3, -0.25) is 9.79 Å². The van der Waals surface area contributed by atoms with Crippen molar-refractivity contribution in [1.82, 2.24) is 16.0 Å². The van der Waals surface area contributed by atoms with E-state index >= 15 is 0 Å².